The lowest BCUT2D eigenvalue weighted by Crippen LogP contribution is -2.17. The maximum atomic E-state index is 11.4. The predicted molar refractivity (Wildman–Crippen MR) is 62.1 cm³/mol. The molecule has 0 amide bonds. The van der Waals surface area contributed by atoms with Crippen molar-refractivity contribution in [1.82, 2.24) is 15.3 Å². The van der Waals surface area contributed by atoms with Crippen LogP contribution in [0.1, 0.15) is 29.6 Å². The van der Waals surface area contributed by atoms with Gasteiger partial charge in [0.05, 0.1) is 10.9 Å². The molecule has 2 N–H and O–H groups in total. The molecule has 1 atom stereocenters. The van der Waals surface area contributed by atoms with Crippen LogP contribution < -0.4 is 10.9 Å². The highest BCUT2D eigenvalue weighted by Crippen LogP contribution is 2.37. The summed E-state index contributed by atoms with van der Waals surface area (Å²) in [5.74, 6) is 2.01. The molecule has 1 fully saturated rings. The maximum Gasteiger partial charge on any atom is 0.251 e. The highest BCUT2D eigenvalue weighted by molar-refractivity contribution is 7.99. The van der Waals surface area contributed by atoms with E-state index >= 15 is 0 Å². The minimum absolute atomic E-state index is 0.0437. The van der Waals surface area contributed by atoms with Gasteiger partial charge in [-0.2, -0.15) is 11.8 Å². The van der Waals surface area contributed by atoms with Gasteiger partial charge in [-0.05, 0) is 25.6 Å². The lowest BCUT2D eigenvalue weighted by molar-refractivity contribution is 0.730. The number of nitrogens with zero attached hydrogens (tertiary/aromatic N) is 1. The molecule has 1 unspecified atom stereocenters. The van der Waals surface area contributed by atoms with E-state index in [1.807, 2.05) is 18.8 Å². The van der Waals surface area contributed by atoms with E-state index < -0.39 is 0 Å². The molecule has 1 aromatic rings. The van der Waals surface area contributed by atoms with Crippen LogP contribution in [0.2, 0.25) is 0 Å². The van der Waals surface area contributed by atoms with Crippen LogP contribution >= 0.6 is 11.8 Å². The summed E-state index contributed by atoms with van der Waals surface area (Å²) < 4.78 is 0. The maximum absolute atomic E-state index is 11.4. The standard InChI is InChI=1S/C10H15N3OS/c1-11-6-7-5-9(14)13-10(12-7)8-3-2-4-15-8/h5,8,11H,2-4,6H2,1H3,(H,12,13,14). The van der Waals surface area contributed by atoms with Crippen molar-refractivity contribution in [2.45, 2.75) is 24.6 Å². The largest absolute Gasteiger partial charge is 0.314 e. The molecule has 0 spiro atoms. The molecule has 0 aromatic carbocycles. The highest BCUT2D eigenvalue weighted by Gasteiger charge is 2.20. The van der Waals surface area contributed by atoms with Crippen molar-refractivity contribution in [3.8, 4) is 0 Å². The number of hydrogen-bond donors (Lipinski definition) is 2. The van der Waals surface area contributed by atoms with E-state index in [4.69, 9.17) is 0 Å². The number of rotatable bonds is 3. The molecule has 2 heterocycles. The Hall–Kier alpha value is -0.810. The van der Waals surface area contributed by atoms with Crippen molar-refractivity contribution in [3.63, 3.8) is 0 Å². The third kappa shape index (κ3) is 2.60. The number of hydrogen-bond acceptors (Lipinski definition) is 4. The second-order valence-corrected chi connectivity index (χ2v) is 4.96. The van der Waals surface area contributed by atoms with Gasteiger partial charge in [-0.3, -0.25) is 4.79 Å². The molecule has 4 nitrogen and oxygen atoms in total. The monoisotopic (exact) mass is 225 g/mol. The van der Waals surface area contributed by atoms with E-state index in [1.165, 1.54) is 12.2 Å². The molecule has 1 saturated heterocycles. The lowest BCUT2D eigenvalue weighted by Gasteiger charge is -2.08. The van der Waals surface area contributed by atoms with E-state index in [9.17, 15) is 4.79 Å². The Morgan fingerprint density at radius 2 is 2.60 bits per heavy atom. The second-order valence-electron chi connectivity index (χ2n) is 3.65. The fourth-order valence-electron chi connectivity index (χ4n) is 1.75. The van der Waals surface area contributed by atoms with Crippen LogP contribution in [0.25, 0.3) is 0 Å². The number of thioether (sulfide) groups is 1. The van der Waals surface area contributed by atoms with Crippen molar-refractivity contribution in [2.75, 3.05) is 12.8 Å². The smallest absolute Gasteiger partial charge is 0.251 e. The Labute approximate surface area is 92.9 Å². The van der Waals surface area contributed by atoms with Gasteiger partial charge in [-0.25, -0.2) is 4.98 Å². The first-order chi connectivity index (χ1) is 7.29. The van der Waals surface area contributed by atoms with Crippen LogP contribution in [-0.4, -0.2) is 22.8 Å². The predicted octanol–water partition coefficient (Wildman–Crippen LogP) is 1.06. The minimum atomic E-state index is -0.0437. The van der Waals surface area contributed by atoms with Crippen LogP contribution in [0.5, 0.6) is 0 Å². The zero-order valence-corrected chi connectivity index (χ0v) is 9.56. The number of H-pyrrole nitrogens is 1. The van der Waals surface area contributed by atoms with Gasteiger partial charge < -0.3 is 10.3 Å². The Kier molecular flexibility index (Phi) is 3.43. The Morgan fingerprint density at radius 3 is 3.27 bits per heavy atom. The third-order valence-electron chi connectivity index (χ3n) is 2.41. The van der Waals surface area contributed by atoms with E-state index in [-0.39, 0.29) is 5.56 Å². The molecule has 2 rings (SSSR count). The van der Waals surface area contributed by atoms with Gasteiger partial charge >= 0.3 is 0 Å². The van der Waals surface area contributed by atoms with Gasteiger partial charge in [0.25, 0.3) is 5.56 Å². The Bertz CT molecular complexity index is 384. The number of nitrogens with one attached hydrogen (secondary N) is 2. The van der Waals surface area contributed by atoms with Crippen LogP contribution in [0, 0.1) is 0 Å². The topological polar surface area (TPSA) is 57.8 Å². The molecule has 1 aliphatic rings. The summed E-state index contributed by atoms with van der Waals surface area (Å²) in [6.45, 7) is 0.647. The summed E-state index contributed by atoms with van der Waals surface area (Å²) in [6.07, 6.45) is 2.34. The zero-order chi connectivity index (χ0) is 10.7. The molecule has 0 aliphatic carbocycles. The van der Waals surface area contributed by atoms with Crippen molar-refractivity contribution >= 4 is 11.8 Å². The van der Waals surface area contributed by atoms with Gasteiger partial charge in [-0.1, -0.05) is 0 Å². The first kappa shape index (κ1) is 10.7. The van der Waals surface area contributed by atoms with E-state index in [2.05, 4.69) is 15.3 Å². The van der Waals surface area contributed by atoms with Crippen molar-refractivity contribution in [2.24, 2.45) is 0 Å². The molecule has 1 aromatic heterocycles. The minimum Gasteiger partial charge on any atom is -0.314 e. The SMILES string of the molecule is CNCc1cc(=O)[nH]c(C2CCCS2)n1. The van der Waals surface area contributed by atoms with Crippen molar-refractivity contribution in [1.29, 1.82) is 0 Å². The Morgan fingerprint density at radius 1 is 1.73 bits per heavy atom. The second kappa shape index (κ2) is 4.81. The zero-order valence-electron chi connectivity index (χ0n) is 8.75. The lowest BCUT2D eigenvalue weighted by atomic mass is 10.2. The quantitative estimate of drug-likeness (QED) is 0.807. The van der Waals surface area contributed by atoms with Crippen LogP contribution in [-0.2, 0) is 6.54 Å². The first-order valence-electron chi connectivity index (χ1n) is 5.16. The summed E-state index contributed by atoms with van der Waals surface area (Å²) in [7, 11) is 1.85. The summed E-state index contributed by atoms with van der Waals surface area (Å²) in [6, 6.07) is 1.56. The summed E-state index contributed by atoms with van der Waals surface area (Å²) in [5.41, 5.74) is 0.779. The fourth-order valence-corrected chi connectivity index (χ4v) is 2.97. The molecule has 0 radical (unpaired) electrons. The van der Waals surface area contributed by atoms with Crippen LogP contribution in [0.15, 0.2) is 10.9 Å². The molecule has 15 heavy (non-hydrogen) atoms. The van der Waals surface area contributed by atoms with Crippen LogP contribution in [0.4, 0.5) is 0 Å². The van der Waals surface area contributed by atoms with Gasteiger partial charge in [0, 0.05) is 12.6 Å². The van der Waals surface area contributed by atoms with Crippen molar-refractivity contribution < 1.29 is 0 Å². The molecular weight excluding hydrogens is 210 g/mol. The molecule has 0 saturated carbocycles. The number of aromatic nitrogens is 2. The fraction of sp³-hybridized carbons (Fsp3) is 0.600. The molecule has 5 heteroatoms. The van der Waals surface area contributed by atoms with Gasteiger partial charge in [0.1, 0.15) is 5.82 Å². The van der Waals surface area contributed by atoms with E-state index in [0.29, 0.717) is 11.8 Å². The third-order valence-corrected chi connectivity index (χ3v) is 3.79. The van der Waals surface area contributed by atoms with Gasteiger partial charge in [0.2, 0.25) is 0 Å². The molecule has 82 valence electrons. The van der Waals surface area contributed by atoms with Crippen molar-refractivity contribution in [3.05, 3.63) is 27.9 Å². The average Bonchev–Trinajstić information content (AvgIpc) is 2.70. The van der Waals surface area contributed by atoms with E-state index in [0.717, 1.165) is 17.9 Å². The van der Waals surface area contributed by atoms with E-state index in [1.54, 1.807) is 6.07 Å². The Balaban J connectivity index is 2.26. The summed E-state index contributed by atoms with van der Waals surface area (Å²) >= 11 is 1.88. The normalized spacial score (nSPS) is 20.7. The molecule has 0 bridgehead atoms. The van der Waals surface area contributed by atoms with Gasteiger partial charge in [-0.15, -0.1) is 0 Å². The van der Waals surface area contributed by atoms with Gasteiger partial charge in [0.15, 0.2) is 0 Å². The molecular formula is C10H15N3OS. The first-order valence-corrected chi connectivity index (χ1v) is 6.21. The highest BCUT2D eigenvalue weighted by atomic mass is 32.2. The summed E-state index contributed by atoms with van der Waals surface area (Å²) in [5, 5.41) is 3.39. The molecule has 1 aliphatic heterocycles. The number of aromatic amines is 1. The summed E-state index contributed by atoms with van der Waals surface area (Å²) in [4.78, 5) is 18.7. The average molecular weight is 225 g/mol. The van der Waals surface area contributed by atoms with Crippen LogP contribution in [0.3, 0.4) is 0 Å².